The summed E-state index contributed by atoms with van der Waals surface area (Å²) in [5.74, 6) is 0. The second-order valence-corrected chi connectivity index (χ2v) is 5.65. The molecule has 0 saturated carbocycles. The minimum absolute atomic E-state index is 0.357. The van der Waals surface area contributed by atoms with Gasteiger partial charge in [0.2, 0.25) is 0 Å². The normalized spacial score (nSPS) is 12.6. The lowest BCUT2D eigenvalue weighted by Gasteiger charge is -2.17. The van der Waals surface area contributed by atoms with Gasteiger partial charge < -0.3 is 5.32 Å². The van der Waals surface area contributed by atoms with Crippen molar-refractivity contribution in [1.82, 2.24) is 15.1 Å². The molecule has 0 bridgehead atoms. The standard InChI is InChI=1S/C18H27N3/c1-5-11-19-14(3)16-9-7-8-10-17(16)18-13-21(12-6-2)20-15(18)4/h7-10,13-14,19H,5-6,11-12H2,1-4H3. The predicted octanol–water partition coefficient (Wildman–Crippen LogP) is 4.33. The van der Waals surface area contributed by atoms with Crippen LogP contribution in [0.2, 0.25) is 0 Å². The smallest absolute Gasteiger partial charge is 0.0672 e. The zero-order valence-electron chi connectivity index (χ0n) is 13.7. The van der Waals surface area contributed by atoms with Crippen molar-refractivity contribution < 1.29 is 0 Å². The van der Waals surface area contributed by atoms with Gasteiger partial charge in [0, 0.05) is 24.3 Å². The van der Waals surface area contributed by atoms with Crippen molar-refractivity contribution in [3.63, 3.8) is 0 Å². The van der Waals surface area contributed by atoms with E-state index in [1.165, 1.54) is 16.7 Å². The third-order valence-corrected chi connectivity index (χ3v) is 3.82. The highest BCUT2D eigenvalue weighted by Crippen LogP contribution is 2.30. The lowest BCUT2D eigenvalue weighted by atomic mass is 9.96. The van der Waals surface area contributed by atoms with Crippen LogP contribution in [0, 0.1) is 6.92 Å². The van der Waals surface area contributed by atoms with E-state index < -0.39 is 0 Å². The van der Waals surface area contributed by atoms with Gasteiger partial charge in [-0.1, -0.05) is 38.1 Å². The van der Waals surface area contributed by atoms with Crippen molar-refractivity contribution in [3.8, 4) is 11.1 Å². The minimum Gasteiger partial charge on any atom is -0.310 e. The van der Waals surface area contributed by atoms with Gasteiger partial charge in [0.05, 0.1) is 5.69 Å². The Morgan fingerprint density at radius 3 is 2.62 bits per heavy atom. The molecule has 0 amide bonds. The largest absolute Gasteiger partial charge is 0.310 e. The van der Waals surface area contributed by atoms with E-state index in [-0.39, 0.29) is 0 Å². The summed E-state index contributed by atoms with van der Waals surface area (Å²) in [4.78, 5) is 0. The fraction of sp³-hybridized carbons (Fsp3) is 0.500. The molecule has 1 aromatic heterocycles. The lowest BCUT2D eigenvalue weighted by molar-refractivity contribution is 0.571. The van der Waals surface area contributed by atoms with Crippen molar-refractivity contribution in [2.45, 2.75) is 53.1 Å². The maximum absolute atomic E-state index is 4.64. The summed E-state index contributed by atoms with van der Waals surface area (Å²) in [5.41, 5.74) is 5.02. The fourth-order valence-corrected chi connectivity index (χ4v) is 2.72. The molecule has 2 aromatic rings. The molecular weight excluding hydrogens is 258 g/mol. The average Bonchev–Trinajstić information content (AvgIpc) is 2.85. The summed E-state index contributed by atoms with van der Waals surface area (Å²) in [6.45, 7) is 10.7. The highest BCUT2D eigenvalue weighted by molar-refractivity contribution is 5.69. The summed E-state index contributed by atoms with van der Waals surface area (Å²) < 4.78 is 2.06. The molecule has 0 aliphatic carbocycles. The monoisotopic (exact) mass is 285 g/mol. The fourth-order valence-electron chi connectivity index (χ4n) is 2.72. The molecule has 0 spiro atoms. The number of aromatic nitrogens is 2. The van der Waals surface area contributed by atoms with Gasteiger partial charge in [-0.2, -0.15) is 5.10 Å². The molecule has 3 nitrogen and oxygen atoms in total. The molecule has 0 aliphatic rings. The Bertz CT molecular complexity index is 572. The molecule has 1 unspecified atom stereocenters. The molecular formula is C18H27N3. The van der Waals surface area contributed by atoms with Gasteiger partial charge in [-0.25, -0.2) is 0 Å². The second kappa shape index (κ2) is 7.41. The molecule has 114 valence electrons. The van der Waals surface area contributed by atoms with Gasteiger partial charge in [0.25, 0.3) is 0 Å². The van der Waals surface area contributed by atoms with Crippen molar-refractivity contribution in [2.75, 3.05) is 6.54 Å². The van der Waals surface area contributed by atoms with Gasteiger partial charge in [-0.15, -0.1) is 0 Å². The number of hydrogen-bond acceptors (Lipinski definition) is 2. The summed E-state index contributed by atoms with van der Waals surface area (Å²) >= 11 is 0. The van der Waals surface area contributed by atoms with E-state index in [0.29, 0.717) is 6.04 Å². The van der Waals surface area contributed by atoms with Crippen LogP contribution in [-0.2, 0) is 6.54 Å². The Balaban J connectivity index is 2.35. The molecule has 0 fully saturated rings. The Labute approximate surface area is 128 Å². The first kappa shape index (κ1) is 15.8. The van der Waals surface area contributed by atoms with E-state index >= 15 is 0 Å². The molecule has 21 heavy (non-hydrogen) atoms. The first-order chi connectivity index (χ1) is 10.2. The van der Waals surface area contributed by atoms with E-state index in [0.717, 1.165) is 31.6 Å². The number of hydrogen-bond donors (Lipinski definition) is 1. The van der Waals surface area contributed by atoms with Crippen molar-refractivity contribution >= 4 is 0 Å². The predicted molar refractivity (Wildman–Crippen MR) is 89.4 cm³/mol. The van der Waals surface area contributed by atoms with Crippen LogP contribution >= 0.6 is 0 Å². The lowest BCUT2D eigenvalue weighted by Crippen LogP contribution is -2.19. The van der Waals surface area contributed by atoms with Crippen molar-refractivity contribution in [2.24, 2.45) is 0 Å². The second-order valence-electron chi connectivity index (χ2n) is 5.65. The number of benzene rings is 1. The third kappa shape index (κ3) is 3.73. The van der Waals surface area contributed by atoms with E-state index in [9.17, 15) is 0 Å². The quantitative estimate of drug-likeness (QED) is 0.820. The maximum Gasteiger partial charge on any atom is 0.0672 e. The molecule has 1 aromatic carbocycles. The molecule has 1 atom stereocenters. The van der Waals surface area contributed by atoms with Gasteiger partial charge in [-0.05, 0) is 44.4 Å². The average molecular weight is 285 g/mol. The maximum atomic E-state index is 4.64. The SMILES string of the molecule is CCCNC(C)c1ccccc1-c1cn(CCC)nc1C. The topological polar surface area (TPSA) is 29.9 Å². The van der Waals surface area contributed by atoms with Gasteiger partial charge in [0.1, 0.15) is 0 Å². The van der Waals surface area contributed by atoms with Crippen LogP contribution < -0.4 is 5.32 Å². The van der Waals surface area contributed by atoms with Gasteiger partial charge in [-0.3, -0.25) is 4.68 Å². The van der Waals surface area contributed by atoms with Crippen molar-refractivity contribution in [1.29, 1.82) is 0 Å². The van der Waals surface area contributed by atoms with E-state index in [1.807, 2.05) is 0 Å². The first-order valence-electron chi connectivity index (χ1n) is 8.04. The van der Waals surface area contributed by atoms with Crippen LogP contribution in [-0.4, -0.2) is 16.3 Å². The first-order valence-corrected chi connectivity index (χ1v) is 8.04. The zero-order valence-corrected chi connectivity index (χ0v) is 13.7. The third-order valence-electron chi connectivity index (χ3n) is 3.82. The van der Waals surface area contributed by atoms with Crippen LogP contribution in [0.3, 0.4) is 0 Å². The highest BCUT2D eigenvalue weighted by atomic mass is 15.3. The zero-order chi connectivity index (χ0) is 15.2. The number of aryl methyl sites for hydroxylation is 2. The van der Waals surface area contributed by atoms with Crippen LogP contribution in [0.5, 0.6) is 0 Å². The Morgan fingerprint density at radius 1 is 1.14 bits per heavy atom. The molecule has 3 heteroatoms. The summed E-state index contributed by atoms with van der Waals surface area (Å²) in [7, 11) is 0. The highest BCUT2D eigenvalue weighted by Gasteiger charge is 2.14. The molecule has 1 heterocycles. The number of nitrogens with zero attached hydrogens (tertiary/aromatic N) is 2. The van der Waals surface area contributed by atoms with Crippen LogP contribution in [0.15, 0.2) is 30.5 Å². The summed E-state index contributed by atoms with van der Waals surface area (Å²) in [6.07, 6.45) is 4.45. The van der Waals surface area contributed by atoms with E-state index in [4.69, 9.17) is 0 Å². The Morgan fingerprint density at radius 2 is 1.90 bits per heavy atom. The molecule has 0 aliphatic heterocycles. The molecule has 2 rings (SSSR count). The minimum atomic E-state index is 0.357. The molecule has 0 saturated heterocycles. The van der Waals surface area contributed by atoms with Gasteiger partial charge in [0.15, 0.2) is 0 Å². The van der Waals surface area contributed by atoms with Crippen LogP contribution in [0.4, 0.5) is 0 Å². The Hall–Kier alpha value is -1.61. The number of nitrogens with one attached hydrogen (secondary N) is 1. The van der Waals surface area contributed by atoms with Gasteiger partial charge >= 0.3 is 0 Å². The summed E-state index contributed by atoms with van der Waals surface area (Å²) in [6, 6.07) is 9.02. The number of rotatable bonds is 7. The molecule has 0 radical (unpaired) electrons. The summed E-state index contributed by atoms with van der Waals surface area (Å²) in [5, 5.41) is 8.22. The van der Waals surface area contributed by atoms with Crippen LogP contribution in [0.25, 0.3) is 11.1 Å². The molecule has 1 N–H and O–H groups in total. The van der Waals surface area contributed by atoms with E-state index in [1.54, 1.807) is 0 Å². The van der Waals surface area contributed by atoms with Crippen molar-refractivity contribution in [3.05, 3.63) is 41.7 Å². The Kier molecular flexibility index (Phi) is 5.57. The van der Waals surface area contributed by atoms with Crippen LogP contribution in [0.1, 0.15) is 50.9 Å². The van der Waals surface area contributed by atoms with E-state index in [2.05, 4.69) is 73.3 Å².